The van der Waals surface area contributed by atoms with Crippen LogP contribution in [0, 0.1) is 0 Å². The standard InChI is InChI=1S/C11H20N6S/c12-13-11-10(14-15-18-11)8-16-4-2-6-17-5-1-3-9(17)7-16/h9,13H,1-8,12H2. The first-order chi connectivity index (χ1) is 8.86. The minimum atomic E-state index is 0.744. The van der Waals surface area contributed by atoms with Crippen LogP contribution in [0.3, 0.4) is 0 Å². The molecule has 100 valence electrons. The van der Waals surface area contributed by atoms with Gasteiger partial charge in [0, 0.05) is 30.7 Å². The maximum atomic E-state index is 5.47. The van der Waals surface area contributed by atoms with E-state index in [2.05, 4.69) is 24.8 Å². The zero-order valence-corrected chi connectivity index (χ0v) is 11.3. The van der Waals surface area contributed by atoms with Crippen LogP contribution >= 0.6 is 11.5 Å². The minimum absolute atomic E-state index is 0.744. The molecule has 2 aliphatic heterocycles. The predicted molar refractivity (Wildman–Crippen MR) is 72.2 cm³/mol. The molecule has 2 fully saturated rings. The Morgan fingerprint density at radius 3 is 3.11 bits per heavy atom. The Hall–Kier alpha value is -0.760. The van der Waals surface area contributed by atoms with Crippen molar-refractivity contribution in [2.24, 2.45) is 5.84 Å². The molecule has 1 aromatic rings. The lowest BCUT2D eigenvalue weighted by atomic mass is 10.2. The second-order valence-corrected chi connectivity index (χ2v) is 5.87. The van der Waals surface area contributed by atoms with Crippen molar-refractivity contribution < 1.29 is 0 Å². The van der Waals surface area contributed by atoms with Crippen LogP contribution in [-0.4, -0.2) is 51.6 Å². The molecule has 3 rings (SSSR count). The highest BCUT2D eigenvalue weighted by Crippen LogP contribution is 2.24. The molecule has 2 saturated heterocycles. The summed E-state index contributed by atoms with van der Waals surface area (Å²) in [7, 11) is 0. The minimum Gasteiger partial charge on any atom is -0.313 e. The SMILES string of the molecule is NNc1snnc1CN1CCCN2CCCC2C1. The van der Waals surface area contributed by atoms with E-state index in [9.17, 15) is 0 Å². The van der Waals surface area contributed by atoms with Crippen LogP contribution < -0.4 is 11.3 Å². The molecule has 1 atom stereocenters. The molecular weight excluding hydrogens is 248 g/mol. The van der Waals surface area contributed by atoms with E-state index in [1.54, 1.807) is 0 Å². The summed E-state index contributed by atoms with van der Waals surface area (Å²) in [5.41, 5.74) is 3.66. The number of aromatic nitrogens is 2. The molecule has 0 spiro atoms. The first-order valence-corrected chi connectivity index (χ1v) is 7.38. The normalized spacial score (nSPS) is 25.9. The molecule has 0 amide bonds. The van der Waals surface area contributed by atoms with Crippen molar-refractivity contribution >= 4 is 16.5 Å². The van der Waals surface area contributed by atoms with E-state index in [0.29, 0.717) is 0 Å². The largest absolute Gasteiger partial charge is 0.313 e. The number of nitrogens with zero attached hydrogens (tertiary/aromatic N) is 4. The summed E-state index contributed by atoms with van der Waals surface area (Å²) in [6.45, 7) is 5.70. The van der Waals surface area contributed by atoms with Gasteiger partial charge in [-0.3, -0.25) is 9.80 Å². The van der Waals surface area contributed by atoms with Gasteiger partial charge in [-0.25, -0.2) is 5.84 Å². The quantitative estimate of drug-likeness (QED) is 0.614. The van der Waals surface area contributed by atoms with Gasteiger partial charge < -0.3 is 5.43 Å². The summed E-state index contributed by atoms with van der Waals surface area (Å²) in [4.78, 5) is 5.13. The molecule has 7 heteroatoms. The number of rotatable bonds is 3. The molecule has 3 heterocycles. The third-order valence-corrected chi connectivity index (χ3v) is 4.65. The summed E-state index contributed by atoms with van der Waals surface area (Å²) >= 11 is 1.33. The van der Waals surface area contributed by atoms with E-state index in [1.807, 2.05) is 0 Å². The summed E-state index contributed by atoms with van der Waals surface area (Å²) in [5.74, 6) is 5.47. The number of fused-ring (bicyclic) bond motifs is 1. The number of nitrogen functional groups attached to an aromatic ring is 1. The van der Waals surface area contributed by atoms with E-state index in [0.717, 1.165) is 36.4 Å². The Balaban J connectivity index is 1.65. The monoisotopic (exact) mass is 268 g/mol. The van der Waals surface area contributed by atoms with Gasteiger partial charge in [0.2, 0.25) is 0 Å². The molecule has 3 N–H and O–H groups in total. The fourth-order valence-corrected chi connectivity index (χ4v) is 3.54. The van der Waals surface area contributed by atoms with Gasteiger partial charge in [0.1, 0.15) is 10.7 Å². The summed E-state index contributed by atoms with van der Waals surface area (Å²) in [5, 5.41) is 5.06. The Morgan fingerprint density at radius 2 is 2.22 bits per heavy atom. The number of nitrogens with one attached hydrogen (secondary N) is 1. The zero-order chi connectivity index (χ0) is 12.4. The van der Waals surface area contributed by atoms with Crippen molar-refractivity contribution in [1.29, 1.82) is 0 Å². The van der Waals surface area contributed by atoms with E-state index >= 15 is 0 Å². The number of hydrogen-bond acceptors (Lipinski definition) is 7. The van der Waals surface area contributed by atoms with Gasteiger partial charge in [0.05, 0.1) is 0 Å². The van der Waals surface area contributed by atoms with Crippen LogP contribution in [0.1, 0.15) is 25.0 Å². The molecule has 0 aliphatic carbocycles. The lowest BCUT2D eigenvalue weighted by Gasteiger charge is -2.25. The third kappa shape index (κ3) is 2.49. The molecule has 0 saturated carbocycles. The molecule has 1 aromatic heterocycles. The highest BCUT2D eigenvalue weighted by molar-refractivity contribution is 7.10. The average Bonchev–Trinajstić information content (AvgIpc) is 2.95. The second kappa shape index (κ2) is 5.48. The Labute approximate surface area is 111 Å². The van der Waals surface area contributed by atoms with Crippen LogP contribution in [0.25, 0.3) is 0 Å². The van der Waals surface area contributed by atoms with Crippen molar-refractivity contribution in [3.8, 4) is 0 Å². The summed E-state index contributed by atoms with van der Waals surface area (Å²) in [6.07, 6.45) is 3.94. The maximum Gasteiger partial charge on any atom is 0.148 e. The van der Waals surface area contributed by atoms with E-state index in [1.165, 1.54) is 43.9 Å². The number of nitrogens with two attached hydrogens (primary N) is 1. The van der Waals surface area contributed by atoms with Crippen molar-refractivity contribution in [3.05, 3.63) is 5.69 Å². The van der Waals surface area contributed by atoms with Crippen LogP contribution in [0.5, 0.6) is 0 Å². The highest BCUT2D eigenvalue weighted by Gasteiger charge is 2.29. The molecule has 0 bridgehead atoms. The van der Waals surface area contributed by atoms with Crippen LogP contribution in [0.2, 0.25) is 0 Å². The van der Waals surface area contributed by atoms with Crippen molar-refractivity contribution in [1.82, 2.24) is 19.4 Å². The molecule has 0 aromatic carbocycles. The third-order valence-electron chi connectivity index (χ3n) is 3.95. The first-order valence-electron chi connectivity index (χ1n) is 6.61. The first kappa shape index (κ1) is 12.3. The van der Waals surface area contributed by atoms with Gasteiger partial charge >= 0.3 is 0 Å². The maximum absolute atomic E-state index is 5.47. The Kier molecular flexibility index (Phi) is 3.74. The van der Waals surface area contributed by atoms with E-state index < -0.39 is 0 Å². The van der Waals surface area contributed by atoms with Crippen LogP contribution in [-0.2, 0) is 6.54 Å². The lowest BCUT2D eigenvalue weighted by molar-refractivity contribution is 0.214. The van der Waals surface area contributed by atoms with Gasteiger partial charge in [-0.15, -0.1) is 5.10 Å². The van der Waals surface area contributed by atoms with Crippen LogP contribution in [0.15, 0.2) is 0 Å². The van der Waals surface area contributed by atoms with Crippen molar-refractivity contribution in [2.75, 3.05) is 31.6 Å². The molecule has 6 nitrogen and oxygen atoms in total. The Bertz CT molecular complexity index is 395. The highest BCUT2D eigenvalue weighted by atomic mass is 32.1. The predicted octanol–water partition coefficient (Wildman–Crippen LogP) is 0.494. The molecule has 2 aliphatic rings. The number of hydrazine groups is 1. The average molecular weight is 268 g/mol. The second-order valence-electron chi connectivity index (χ2n) is 5.11. The fourth-order valence-electron chi connectivity index (χ4n) is 3.06. The zero-order valence-electron chi connectivity index (χ0n) is 10.5. The molecular formula is C11H20N6S. The van der Waals surface area contributed by atoms with Gasteiger partial charge in [-0.1, -0.05) is 4.49 Å². The van der Waals surface area contributed by atoms with Gasteiger partial charge in [-0.05, 0) is 38.9 Å². The summed E-state index contributed by atoms with van der Waals surface area (Å²) < 4.78 is 3.96. The lowest BCUT2D eigenvalue weighted by Crippen LogP contribution is -2.36. The smallest absolute Gasteiger partial charge is 0.148 e. The molecule has 0 radical (unpaired) electrons. The molecule has 1 unspecified atom stereocenters. The van der Waals surface area contributed by atoms with Crippen LogP contribution in [0.4, 0.5) is 5.00 Å². The molecule has 18 heavy (non-hydrogen) atoms. The number of hydrogen-bond donors (Lipinski definition) is 2. The summed E-state index contributed by atoms with van der Waals surface area (Å²) in [6, 6.07) is 0.744. The Morgan fingerprint density at radius 1 is 1.33 bits per heavy atom. The van der Waals surface area contributed by atoms with Gasteiger partial charge in [-0.2, -0.15) is 0 Å². The number of anilines is 1. The van der Waals surface area contributed by atoms with Crippen molar-refractivity contribution in [3.63, 3.8) is 0 Å². The van der Waals surface area contributed by atoms with E-state index in [4.69, 9.17) is 5.84 Å². The fraction of sp³-hybridized carbons (Fsp3) is 0.818. The van der Waals surface area contributed by atoms with Gasteiger partial charge in [0.15, 0.2) is 0 Å². The van der Waals surface area contributed by atoms with E-state index in [-0.39, 0.29) is 0 Å². The topological polar surface area (TPSA) is 70.3 Å². The van der Waals surface area contributed by atoms with Gasteiger partial charge in [0.25, 0.3) is 0 Å². The van der Waals surface area contributed by atoms with Crippen molar-refractivity contribution in [2.45, 2.75) is 31.8 Å².